The first-order chi connectivity index (χ1) is 12.7. The molecule has 0 radical (unpaired) electrons. The smallest absolute Gasteiger partial charge is 0.231 e. The van der Waals surface area contributed by atoms with Gasteiger partial charge >= 0.3 is 0 Å². The highest BCUT2D eigenvalue weighted by molar-refractivity contribution is 6.00. The molecule has 4 rings (SSSR count). The van der Waals surface area contributed by atoms with Gasteiger partial charge in [0, 0.05) is 24.6 Å². The van der Waals surface area contributed by atoms with Gasteiger partial charge in [-0.05, 0) is 30.7 Å². The Balaban J connectivity index is 1.76. The van der Waals surface area contributed by atoms with Crippen molar-refractivity contribution in [3.8, 4) is 17.2 Å². The molecule has 1 N–H and O–H groups in total. The molecule has 1 atom stereocenters. The number of hydrogen-bond acceptors (Lipinski definition) is 6. The zero-order chi connectivity index (χ0) is 18.1. The lowest BCUT2D eigenvalue weighted by Gasteiger charge is -2.36. The van der Waals surface area contributed by atoms with Crippen molar-refractivity contribution in [1.82, 2.24) is 4.90 Å². The van der Waals surface area contributed by atoms with Gasteiger partial charge in [-0.2, -0.15) is 0 Å². The molecule has 2 aliphatic heterocycles. The molecule has 0 aromatic heterocycles. The van der Waals surface area contributed by atoms with Crippen LogP contribution in [0.2, 0.25) is 0 Å². The minimum atomic E-state index is 0.0225. The number of rotatable bonds is 4. The molecule has 0 bridgehead atoms. The van der Waals surface area contributed by atoms with Crippen LogP contribution in [0.5, 0.6) is 17.2 Å². The number of ether oxygens (including phenoxy) is 3. The summed E-state index contributed by atoms with van der Waals surface area (Å²) in [6.07, 6.45) is 1.48. The Kier molecular flexibility index (Phi) is 4.42. The highest BCUT2D eigenvalue weighted by Crippen LogP contribution is 2.50. The average Bonchev–Trinajstić information content (AvgIpc) is 3.14. The molecule has 136 valence electrons. The van der Waals surface area contributed by atoms with Crippen molar-refractivity contribution in [3.05, 3.63) is 53.1 Å². The van der Waals surface area contributed by atoms with Gasteiger partial charge in [0.2, 0.25) is 12.5 Å². The summed E-state index contributed by atoms with van der Waals surface area (Å²) in [7, 11) is 3.74. The van der Waals surface area contributed by atoms with E-state index in [1.165, 1.54) is 5.56 Å². The zero-order valence-corrected chi connectivity index (χ0v) is 14.9. The van der Waals surface area contributed by atoms with Crippen LogP contribution in [0.25, 0.3) is 0 Å². The molecule has 0 amide bonds. The largest absolute Gasteiger partial charge is 0.492 e. The highest BCUT2D eigenvalue weighted by Gasteiger charge is 2.34. The van der Waals surface area contributed by atoms with Gasteiger partial charge in [-0.15, -0.1) is 0 Å². The summed E-state index contributed by atoms with van der Waals surface area (Å²) >= 11 is 0. The van der Waals surface area contributed by atoms with E-state index in [4.69, 9.17) is 14.2 Å². The van der Waals surface area contributed by atoms with Crippen molar-refractivity contribution in [2.75, 3.05) is 27.5 Å². The van der Waals surface area contributed by atoms with Crippen LogP contribution in [0.15, 0.2) is 41.6 Å². The third-order valence-corrected chi connectivity index (χ3v) is 5.16. The van der Waals surface area contributed by atoms with Gasteiger partial charge in [-0.1, -0.05) is 35.5 Å². The Labute approximate surface area is 152 Å². The molecule has 6 nitrogen and oxygen atoms in total. The minimum absolute atomic E-state index is 0.0225. The zero-order valence-electron chi connectivity index (χ0n) is 14.9. The summed E-state index contributed by atoms with van der Waals surface area (Å²) in [5.41, 5.74) is 3.84. The maximum Gasteiger partial charge on any atom is 0.231 e. The van der Waals surface area contributed by atoms with Crippen molar-refractivity contribution in [1.29, 1.82) is 0 Å². The van der Waals surface area contributed by atoms with Gasteiger partial charge in [0.25, 0.3) is 0 Å². The van der Waals surface area contributed by atoms with E-state index in [9.17, 15) is 5.21 Å². The quantitative estimate of drug-likeness (QED) is 0.519. The number of fused-ring (bicyclic) bond motifs is 2. The van der Waals surface area contributed by atoms with E-state index in [1.54, 1.807) is 7.11 Å². The van der Waals surface area contributed by atoms with Crippen LogP contribution < -0.4 is 14.2 Å². The third-order valence-electron chi connectivity index (χ3n) is 5.16. The van der Waals surface area contributed by atoms with Crippen molar-refractivity contribution in [3.63, 3.8) is 0 Å². The van der Waals surface area contributed by atoms with Crippen LogP contribution >= 0.6 is 0 Å². The number of likely N-dealkylation sites (N-methyl/N-ethyl adjacent to an activating group) is 1. The average molecular weight is 354 g/mol. The van der Waals surface area contributed by atoms with E-state index in [2.05, 4.69) is 23.2 Å². The molecule has 2 aromatic rings. The Morgan fingerprint density at radius 1 is 1.31 bits per heavy atom. The van der Waals surface area contributed by atoms with Crippen molar-refractivity contribution in [2.45, 2.75) is 18.9 Å². The molecule has 2 aromatic carbocycles. The summed E-state index contributed by atoms with van der Waals surface area (Å²) in [5.74, 6) is 2.12. The fourth-order valence-corrected chi connectivity index (χ4v) is 3.81. The Bertz CT molecular complexity index is 835. The molecule has 0 spiro atoms. The molecule has 2 heterocycles. The lowest BCUT2D eigenvalue weighted by Crippen LogP contribution is -2.34. The summed E-state index contributed by atoms with van der Waals surface area (Å²) < 4.78 is 16.9. The molecular weight excluding hydrogens is 332 g/mol. The Morgan fingerprint density at radius 3 is 2.85 bits per heavy atom. The van der Waals surface area contributed by atoms with Crippen molar-refractivity contribution in [2.24, 2.45) is 5.16 Å². The van der Waals surface area contributed by atoms with E-state index < -0.39 is 0 Å². The van der Waals surface area contributed by atoms with Crippen LogP contribution in [0.1, 0.15) is 29.2 Å². The van der Waals surface area contributed by atoms with Crippen LogP contribution in [-0.2, 0) is 6.42 Å². The predicted molar refractivity (Wildman–Crippen MR) is 97.6 cm³/mol. The van der Waals surface area contributed by atoms with E-state index >= 15 is 0 Å². The van der Waals surface area contributed by atoms with Crippen LogP contribution in [-0.4, -0.2) is 43.3 Å². The minimum Gasteiger partial charge on any atom is -0.492 e. The Hall–Kier alpha value is -2.73. The lowest BCUT2D eigenvalue weighted by molar-refractivity contribution is 0.170. The van der Waals surface area contributed by atoms with Gasteiger partial charge < -0.3 is 19.4 Å². The van der Waals surface area contributed by atoms with Crippen molar-refractivity contribution >= 4 is 5.71 Å². The molecule has 26 heavy (non-hydrogen) atoms. The normalized spacial score (nSPS) is 19.3. The summed E-state index contributed by atoms with van der Waals surface area (Å²) in [5, 5.41) is 13.2. The molecule has 0 saturated heterocycles. The van der Waals surface area contributed by atoms with Crippen LogP contribution in [0, 0.1) is 0 Å². The molecule has 6 heteroatoms. The number of hydrogen-bond donors (Lipinski definition) is 1. The van der Waals surface area contributed by atoms with E-state index in [1.807, 2.05) is 30.3 Å². The van der Waals surface area contributed by atoms with Crippen molar-refractivity contribution < 1.29 is 19.4 Å². The summed E-state index contributed by atoms with van der Waals surface area (Å²) in [6, 6.07) is 11.8. The number of nitrogens with zero attached hydrogens (tertiary/aromatic N) is 2. The van der Waals surface area contributed by atoms with Crippen LogP contribution in [0.3, 0.4) is 0 Å². The SMILES string of the molecule is COc1c2c(cc3c1[C@H](C/C(=N/O)c1ccccc1)N(C)CC3)OCO2. The summed E-state index contributed by atoms with van der Waals surface area (Å²) in [4.78, 5) is 2.27. The van der Waals surface area contributed by atoms with Gasteiger partial charge in [-0.3, -0.25) is 4.90 Å². The number of benzene rings is 2. The van der Waals surface area contributed by atoms with E-state index in [-0.39, 0.29) is 12.8 Å². The van der Waals surface area contributed by atoms with Crippen LogP contribution in [0.4, 0.5) is 0 Å². The maximum absolute atomic E-state index is 9.62. The fourth-order valence-electron chi connectivity index (χ4n) is 3.81. The van der Waals surface area contributed by atoms with E-state index in [0.29, 0.717) is 17.9 Å². The second kappa shape index (κ2) is 6.88. The Morgan fingerprint density at radius 2 is 2.12 bits per heavy atom. The standard InChI is InChI=1S/C20H22N2O4/c1-22-9-8-14-10-17-19(26-12-25-17)20(24-2)18(14)16(22)11-15(21-23)13-6-4-3-5-7-13/h3-7,10,16,23H,8-9,11-12H2,1-2H3/b21-15-/t16-/m0/s1. The fraction of sp³-hybridized carbons (Fsp3) is 0.350. The second-order valence-corrected chi connectivity index (χ2v) is 6.58. The number of oxime groups is 1. The van der Waals surface area contributed by atoms with E-state index in [0.717, 1.165) is 35.6 Å². The van der Waals surface area contributed by atoms with Gasteiger partial charge in [0.15, 0.2) is 11.5 Å². The lowest BCUT2D eigenvalue weighted by atomic mass is 9.87. The summed E-state index contributed by atoms with van der Waals surface area (Å²) in [6.45, 7) is 1.12. The molecule has 0 aliphatic carbocycles. The van der Waals surface area contributed by atoms with Gasteiger partial charge in [-0.25, -0.2) is 0 Å². The molecule has 0 saturated carbocycles. The first kappa shape index (κ1) is 16.7. The maximum atomic E-state index is 9.62. The first-order valence-corrected chi connectivity index (χ1v) is 8.69. The monoisotopic (exact) mass is 354 g/mol. The third kappa shape index (κ3) is 2.76. The molecule has 0 unspecified atom stereocenters. The molecule has 0 fully saturated rings. The number of methoxy groups -OCH3 is 1. The predicted octanol–water partition coefficient (Wildman–Crippen LogP) is 3.22. The molecule has 2 aliphatic rings. The van der Waals surface area contributed by atoms with Gasteiger partial charge in [0.05, 0.1) is 12.8 Å². The first-order valence-electron chi connectivity index (χ1n) is 8.69. The highest BCUT2D eigenvalue weighted by atomic mass is 16.7. The van der Waals surface area contributed by atoms with Gasteiger partial charge in [0.1, 0.15) is 0 Å². The topological polar surface area (TPSA) is 63.5 Å². The molecular formula is C20H22N2O4. The second-order valence-electron chi connectivity index (χ2n) is 6.58.